The van der Waals surface area contributed by atoms with E-state index < -0.39 is 12.1 Å². The van der Waals surface area contributed by atoms with Gasteiger partial charge in [0.25, 0.3) is 0 Å². The molecule has 0 saturated heterocycles. The van der Waals surface area contributed by atoms with Crippen LogP contribution in [0.2, 0.25) is 5.02 Å². The molecule has 5 heteroatoms. The van der Waals surface area contributed by atoms with Crippen molar-refractivity contribution in [2.24, 2.45) is 0 Å². The second kappa shape index (κ2) is 6.11. The number of carbonyl (C=O) groups excluding carboxylic acids is 1. The molecule has 0 aliphatic carbocycles. The van der Waals surface area contributed by atoms with Crippen molar-refractivity contribution < 1.29 is 14.3 Å². The van der Waals surface area contributed by atoms with E-state index in [4.69, 9.17) is 16.3 Å². The summed E-state index contributed by atoms with van der Waals surface area (Å²) >= 11 is 9.29. The Balaban J connectivity index is 2.83. The van der Waals surface area contributed by atoms with E-state index in [0.717, 1.165) is 5.56 Å². The van der Waals surface area contributed by atoms with Crippen molar-refractivity contribution in [2.75, 3.05) is 7.11 Å². The van der Waals surface area contributed by atoms with E-state index in [1.165, 1.54) is 7.11 Å². The minimum atomic E-state index is -0.673. The summed E-state index contributed by atoms with van der Waals surface area (Å²) in [7, 11) is 1.32. The molecule has 0 fully saturated rings. The fraction of sp³-hybridized carbons (Fsp3) is 0.364. The second-order valence-corrected chi connectivity index (χ2v) is 4.15. The normalized spacial score (nSPS) is 12.0. The molecule has 0 radical (unpaired) electrons. The topological polar surface area (TPSA) is 35.5 Å². The summed E-state index contributed by atoms with van der Waals surface area (Å²) in [6, 6.07) is 5.40. The first-order chi connectivity index (χ1) is 7.58. The Kier molecular flexibility index (Phi) is 5.09. The van der Waals surface area contributed by atoms with Gasteiger partial charge in [-0.3, -0.25) is 0 Å². The lowest BCUT2D eigenvalue weighted by molar-refractivity contribution is -0.147. The quantitative estimate of drug-likeness (QED) is 0.633. The van der Waals surface area contributed by atoms with E-state index in [1.807, 2.05) is 6.07 Å². The zero-order valence-electron chi connectivity index (χ0n) is 9.00. The van der Waals surface area contributed by atoms with Gasteiger partial charge < -0.3 is 9.47 Å². The Hall–Kier alpha value is -0.740. The zero-order chi connectivity index (χ0) is 12.1. The van der Waals surface area contributed by atoms with Crippen LogP contribution < -0.4 is 4.74 Å². The average molecular weight is 308 g/mol. The average Bonchev–Trinajstić information content (AvgIpc) is 2.30. The number of hydrogen-bond acceptors (Lipinski definition) is 3. The minimum Gasteiger partial charge on any atom is -0.477 e. The van der Waals surface area contributed by atoms with Gasteiger partial charge in [0.1, 0.15) is 5.75 Å². The van der Waals surface area contributed by atoms with Crippen molar-refractivity contribution in [1.82, 2.24) is 0 Å². The van der Waals surface area contributed by atoms with Crippen molar-refractivity contribution in [3.8, 4) is 5.75 Å². The molecule has 0 aliphatic heterocycles. The number of halogens is 2. The summed E-state index contributed by atoms with van der Waals surface area (Å²) in [6.07, 6.45) is -0.673. The second-order valence-electron chi connectivity index (χ2n) is 3.18. The van der Waals surface area contributed by atoms with Crippen molar-refractivity contribution in [3.63, 3.8) is 0 Å². The van der Waals surface area contributed by atoms with Crippen molar-refractivity contribution in [3.05, 3.63) is 28.8 Å². The summed E-state index contributed by atoms with van der Waals surface area (Å²) in [6.45, 7) is 1.61. The Morgan fingerprint density at radius 3 is 2.81 bits per heavy atom. The van der Waals surface area contributed by atoms with Crippen molar-refractivity contribution in [2.45, 2.75) is 18.4 Å². The lowest BCUT2D eigenvalue weighted by atomic mass is 10.2. The molecule has 1 aromatic carbocycles. The summed E-state index contributed by atoms with van der Waals surface area (Å²) < 4.78 is 9.98. The van der Waals surface area contributed by atoms with Crippen LogP contribution in [0.3, 0.4) is 0 Å². The Labute approximate surface area is 108 Å². The van der Waals surface area contributed by atoms with Gasteiger partial charge in [-0.1, -0.05) is 33.6 Å². The van der Waals surface area contributed by atoms with Crippen LogP contribution in [0.5, 0.6) is 5.75 Å². The molecule has 3 nitrogen and oxygen atoms in total. The number of alkyl halides is 1. The largest absolute Gasteiger partial charge is 0.477 e. The van der Waals surface area contributed by atoms with E-state index in [9.17, 15) is 4.79 Å². The molecule has 0 spiro atoms. The highest BCUT2D eigenvalue weighted by atomic mass is 79.9. The van der Waals surface area contributed by atoms with Gasteiger partial charge in [0, 0.05) is 5.33 Å². The number of carbonyl (C=O) groups is 1. The molecule has 0 heterocycles. The standard InChI is InChI=1S/C11H12BrClO3/c1-7(11(14)15-2)16-10-5-8(6-12)3-4-9(10)13/h3-5,7H,6H2,1-2H3/t7-/m0/s1. The fourth-order valence-corrected chi connectivity index (χ4v) is 1.64. The maximum absolute atomic E-state index is 11.2. The van der Waals surface area contributed by atoms with Gasteiger partial charge in [-0.15, -0.1) is 0 Å². The molecule has 1 atom stereocenters. The molecule has 0 saturated carbocycles. The maximum Gasteiger partial charge on any atom is 0.346 e. The molecule has 0 bridgehead atoms. The molecule has 0 aromatic heterocycles. The lowest BCUT2D eigenvalue weighted by Gasteiger charge is -2.14. The molecule has 0 N–H and O–H groups in total. The number of benzene rings is 1. The first kappa shape index (κ1) is 13.3. The van der Waals surface area contributed by atoms with Crippen molar-refractivity contribution >= 4 is 33.5 Å². The number of ether oxygens (including phenoxy) is 2. The minimum absolute atomic E-state index is 0.430. The molecule has 1 aromatic rings. The predicted octanol–water partition coefficient (Wildman–Crippen LogP) is 3.18. The summed E-state index contributed by atoms with van der Waals surface area (Å²) in [4.78, 5) is 11.2. The summed E-state index contributed by atoms with van der Waals surface area (Å²) in [5.41, 5.74) is 1.02. The Morgan fingerprint density at radius 2 is 2.25 bits per heavy atom. The SMILES string of the molecule is COC(=O)[C@H](C)Oc1cc(CBr)ccc1Cl. The van der Waals surface area contributed by atoms with E-state index in [2.05, 4.69) is 20.7 Å². The highest BCUT2D eigenvalue weighted by molar-refractivity contribution is 9.08. The molecule has 16 heavy (non-hydrogen) atoms. The van der Waals surface area contributed by atoms with Gasteiger partial charge in [0.15, 0.2) is 6.10 Å². The molecule has 0 aliphatic rings. The van der Waals surface area contributed by atoms with E-state index >= 15 is 0 Å². The van der Waals surface area contributed by atoms with Gasteiger partial charge in [-0.2, -0.15) is 0 Å². The number of esters is 1. The van der Waals surface area contributed by atoms with Crippen LogP contribution in [0.25, 0.3) is 0 Å². The van der Waals surface area contributed by atoms with Gasteiger partial charge in [0.2, 0.25) is 0 Å². The number of methoxy groups -OCH3 is 1. The Bertz CT molecular complexity index is 381. The fourth-order valence-electron chi connectivity index (χ4n) is 1.13. The monoisotopic (exact) mass is 306 g/mol. The summed E-state index contributed by atoms with van der Waals surface area (Å²) in [5.74, 6) is 0.0526. The van der Waals surface area contributed by atoms with Crippen LogP contribution in [0.1, 0.15) is 12.5 Å². The maximum atomic E-state index is 11.2. The van der Waals surface area contributed by atoms with Gasteiger partial charge >= 0.3 is 5.97 Å². The van der Waals surface area contributed by atoms with E-state index in [0.29, 0.717) is 16.1 Å². The Morgan fingerprint density at radius 1 is 1.56 bits per heavy atom. The van der Waals surface area contributed by atoms with Crippen LogP contribution in [0.4, 0.5) is 0 Å². The third-order valence-corrected chi connectivity index (χ3v) is 2.95. The van der Waals surface area contributed by atoms with E-state index in [1.54, 1.807) is 19.1 Å². The number of rotatable bonds is 4. The highest BCUT2D eigenvalue weighted by Crippen LogP contribution is 2.27. The van der Waals surface area contributed by atoms with Gasteiger partial charge in [-0.05, 0) is 24.6 Å². The van der Waals surface area contributed by atoms with Crippen LogP contribution in [-0.4, -0.2) is 19.2 Å². The molecule has 88 valence electrons. The number of hydrogen-bond donors (Lipinski definition) is 0. The van der Waals surface area contributed by atoms with E-state index in [-0.39, 0.29) is 0 Å². The summed E-state index contributed by atoms with van der Waals surface area (Å²) in [5, 5.41) is 1.17. The highest BCUT2D eigenvalue weighted by Gasteiger charge is 2.16. The lowest BCUT2D eigenvalue weighted by Crippen LogP contribution is -2.25. The van der Waals surface area contributed by atoms with Crippen LogP contribution in [-0.2, 0) is 14.9 Å². The molecular weight excluding hydrogens is 295 g/mol. The molecule has 1 rings (SSSR count). The molecular formula is C11H12BrClO3. The van der Waals surface area contributed by atoms with Crippen LogP contribution >= 0.6 is 27.5 Å². The third-order valence-electron chi connectivity index (χ3n) is 1.99. The smallest absolute Gasteiger partial charge is 0.346 e. The van der Waals surface area contributed by atoms with Gasteiger partial charge in [-0.25, -0.2) is 4.79 Å². The first-order valence-electron chi connectivity index (χ1n) is 4.67. The first-order valence-corrected chi connectivity index (χ1v) is 6.17. The van der Waals surface area contributed by atoms with Crippen LogP contribution in [0, 0.1) is 0 Å². The van der Waals surface area contributed by atoms with Crippen LogP contribution in [0.15, 0.2) is 18.2 Å². The van der Waals surface area contributed by atoms with Crippen molar-refractivity contribution in [1.29, 1.82) is 0 Å². The zero-order valence-corrected chi connectivity index (χ0v) is 11.3. The van der Waals surface area contributed by atoms with Gasteiger partial charge in [0.05, 0.1) is 12.1 Å². The predicted molar refractivity (Wildman–Crippen MR) is 66.2 cm³/mol. The third kappa shape index (κ3) is 3.39. The molecule has 0 amide bonds. The molecule has 0 unspecified atom stereocenters.